The number of nitrogens with one attached hydrogen (secondary N) is 1. The van der Waals surface area contributed by atoms with Gasteiger partial charge in [-0.2, -0.15) is 0 Å². The summed E-state index contributed by atoms with van der Waals surface area (Å²) in [5.41, 5.74) is 0. The Kier molecular flexibility index (Phi) is 5.11. The van der Waals surface area contributed by atoms with E-state index in [-0.39, 0.29) is 12.5 Å². The fourth-order valence-electron chi connectivity index (χ4n) is 1.34. The number of rotatable bonds is 6. The highest BCUT2D eigenvalue weighted by Gasteiger charge is 2.20. The Hall–Kier alpha value is -1.60. The number of carbonyl (C=O) groups is 2. The molecule has 0 saturated carbocycles. The first-order chi connectivity index (χ1) is 8.49. The Morgan fingerprint density at radius 2 is 2.17 bits per heavy atom. The minimum atomic E-state index is -1.12. The summed E-state index contributed by atoms with van der Waals surface area (Å²) in [7, 11) is 2.76. The second-order valence-corrected chi connectivity index (χ2v) is 4.78. The third-order valence-electron chi connectivity index (χ3n) is 2.26. The zero-order chi connectivity index (χ0) is 13.7. The number of carboxylic acid groups (broad SMARTS) is 1. The van der Waals surface area contributed by atoms with Crippen molar-refractivity contribution in [2.75, 3.05) is 20.8 Å². The number of methoxy groups -OCH3 is 2. The van der Waals surface area contributed by atoms with Gasteiger partial charge in [0, 0.05) is 12.0 Å². The van der Waals surface area contributed by atoms with Crippen LogP contribution in [-0.2, 0) is 9.53 Å². The Labute approximate surface area is 109 Å². The first kappa shape index (κ1) is 14.5. The van der Waals surface area contributed by atoms with E-state index in [9.17, 15) is 9.59 Å². The van der Waals surface area contributed by atoms with E-state index in [1.165, 1.54) is 25.6 Å². The monoisotopic (exact) mass is 273 g/mol. The second-order valence-electron chi connectivity index (χ2n) is 3.53. The molecule has 0 fully saturated rings. The molecule has 18 heavy (non-hydrogen) atoms. The van der Waals surface area contributed by atoms with Gasteiger partial charge in [0.25, 0.3) is 5.91 Å². The second kappa shape index (κ2) is 6.36. The normalized spacial score (nSPS) is 11.9. The molecule has 7 heteroatoms. The van der Waals surface area contributed by atoms with Gasteiger partial charge in [0.1, 0.15) is 10.6 Å². The Morgan fingerprint density at radius 3 is 2.67 bits per heavy atom. The van der Waals surface area contributed by atoms with Crippen molar-refractivity contribution in [2.45, 2.75) is 13.0 Å². The van der Waals surface area contributed by atoms with Gasteiger partial charge in [0.05, 0.1) is 13.7 Å². The molecule has 100 valence electrons. The highest BCUT2D eigenvalue weighted by atomic mass is 32.1. The van der Waals surface area contributed by atoms with Crippen LogP contribution in [0.3, 0.4) is 0 Å². The molecule has 1 heterocycles. The van der Waals surface area contributed by atoms with Gasteiger partial charge in [0.2, 0.25) is 0 Å². The number of carbonyl (C=O) groups excluding carboxylic acids is 1. The summed E-state index contributed by atoms with van der Waals surface area (Å²) in [6.45, 7) is 1.77. The van der Waals surface area contributed by atoms with Crippen LogP contribution in [0.1, 0.15) is 14.5 Å². The van der Waals surface area contributed by atoms with Crippen molar-refractivity contribution >= 4 is 23.2 Å². The molecule has 1 aromatic rings. The van der Waals surface area contributed by atoms with Crippen LogP contribution in [0.2, 0.25) is 0 Å². The largest absolute Gasteiger partial charge is 0.495 e. The van der Waals surface area contributed by atoms with Crippen molar-refractivity contribution < 1.29 is 24.2 Å². The molecule has 2 N–H and O–H groups in total. The molecular formula is C11H15NO5S. The molecule has 1 rings (SSSR count). The number of carboxylic acids is 1. The van der Waals surface area contributed by atoms with Gasteiger partial charge in [-0.25, -0.2) is 4.79 Å². The lowest BCUT2D eigenvalue weighted by Crippen LogP contribution is -2.37. The standard InChI is InChI=1S/C11H15NO5S/c1-6-4-7(16-2)9(18-6)10(13)12-5-8(17-3)11(14)15/h4,8H,5H2,1-3H3,(H,12,13)(H,14,15). The first-order valence-electron chi connectivity index (χ1n) is 5.17. The number of aliphatic carboxylic acids is 1. The van der Waals surface area contributed by atoms with E-state index in [1.807, 2.05) is 6.92 Å². The predicted molar refractivity (Wildman–Crippen MR) is 66.4 cm³/mol. The van der Waals surface area contributed by atoms with E-state index < -0.39 is 12.1 Å². The summed E-state index contributed by atoms with van der Waals surface area (Å²) in [5.74, 6) is -1.00. The van der Waals surface area contributed by atoms with Gasteiger partial charge < -0.3 is 19.9 Å². The van der Waals surface area contributed by atoms with Gasteiger partial charge in [-0.1, -0.05) is 0 Å². The molecule has 0 aliphatic rings. The number of ether oxygens (including phenoxy) is 2. The molecule has 0 aromatic carbocycles. The SMILES string of the molecule is COc1cc(C)sc1C(=O)NCC(OC)C(=O)O. The summed E-state index contributed by atoms with van der Waals surface area (Å²) >= 11 is 1.29. The number of amides is 1. The zero-order valence-corrected chi connectivity index (χ0v) is 11.2. The lowest BCUT2D eigenvalue weighted by atomic mass is 10.3. The van der Waals surface area contributed by atoms with Crippen molar-refractivity contribution in [1.29, 1.82) is 0 Å². The summed E-state index contributed by atoms with van der Waals surface area (Å²) in [6, 6.07) is 1.75. The van der Waals surface area contributed by atoms with Crippen molar-refractivity contribution in [3.8, 4) is 5.75 Å². The van der Waals surface area contributed by atoms with E-state index in [4.69, 9.17) is 14.6 Å². The van der Waals surface area contributed by atoms with Crippen LogP contribution in [0.15, 0.2) is 6.07 Å². The topological polar surface area (TPSA) is 84.9 Å². The maximum absolute atomic E-state index is 11.9. The molecule has 1 amide bonds. The summed E-state index contributed by atoms with van der Waals surface area (Å²) in [4.78, 5) is 23.9. The molecule has 0 aliphatic heterocycles. The van der Waals surface area contributed by atoms with Crippen LogP contribution in [0.25, 0.3) is 0 Å². The predicted octanol–water partition coefficient (Wildman–Crippen LogP) is 0.895. The average Bonchev–Trinajstić information content (AvgIpc) is 2.70. The van der Waals surface area contributed by atoms with Crippen molar-refractivity contribution in [3.63, 3.8) is 0 Å². The fraction of sp³-hybridized carbons (Fsp3) is 0.455. The van der Waals surface area contributed by atoms with E-state index in [0.29, 0.717) is 10.6 Å². The zero-order valence-electron chi connectivity index (χ0n) is 10.4. The number of hydrogen-bond acceptors (Lipinski definition) is 5. The maximum Gasteiger partial charge on any atom is 0.334 e. The minimum Gasteiger partial charge on any atom is -0.495 e. The minimum absolute atomic E-state index is 0.0925. The molecule has 1 atom stereocenters. The number of thiophene rings is 1. The van der Waals surface area contributed by atoms with Crippen LogP contribution < -0.4 is 10.1 Å². The van der Waals surface area contributed by atoms with E-state index in [0.717, 1.165) is 4.88 Å². The van der Waals surface area contributed by atoms with Crippen molar-refractivity contribution in [1.82, 2.24) is 5.32 Å². The molecular weight excluding hydrogens is 258 g/mol. The molecule has 6 nitrogen and oxygen atoms in total. The number of aryl methyl sites for hydroxylation is 1. The number of hydrogen-bond donors (Lipinski definition) is 2. The van der Waals surface area contributed by atoms with Crippen LogP contribution >= 0.6 is 11.3 Å². The van der Waals surface area contributed by atoms with Gasteiger partial charge in [0.15, 0.2) is 6.10 Å². The van der Waals surface area contributed by atoms with Crippen LogP contribution in [0.5, 0.6) is 5.75 Å². The fourth-order valence-corrected chi connectivity index (χ4v) is 2.23. The van der Waals surface area contributed by atoms with Crippen LogP contribution in [0.4, 0.5) is 0 Å². The molecule has 0 spiro atoms. The average molecular weight is 273 g/mol. The highest BCUT2D eigenvalue weighted by Crippen LogP contribution is 2.28. The molecule has 0 aliphatic carbocycles. The van der Waals surface area contributed by atoms with Crippen molar-refractivity contribution in [2.24, 2.45) is 0 Å². The van der Waals surface area contributed by atoms with Gasteiger partial charge in [-0.15, -0.1) is 11.3 Å². The van der Waals surface area contributed by atoms with Gasteiger partial charge in [-0.05, 0) is 13.0 Å². The molecule has 0 radical (unpaired) electrons. The quantitative estimate of drug-likeness (QED) is 0.804. The lowest BCUT2D eigenvalue weighted by Gasteiger charge is -2.11. The Bertz CT molecular complexity index is 443. The molecule has 0 saturated heterocycles. The maximum atomic E-state index is 11.9. The Balaban J connectivity index is 2.67. The van der Waals surface area contributed by atoms with Crippen LogP contribution in [-0.4, -0.2) is 43.9 Å². The smallest absolute Gasteiger partial charge is 0.334 e. The first-order valence-corrected chi connectivity index (χ1v) is 5.99. The summed E-state index contributed by atoms with van der Waals surface area (Å²) in [6.07, 6.45) is -1.05. The van der Waals surface area contributed by atoms with Gasteiger partial charge in [-0.3, -0.25) is 4.79 Å². The lowest BCUT2D eigenvalue weighted by molar-refractivity contribution is -0.147. The van der Waals surface area contributed by atoms with E-state index >= 15 is 0 Å². The van der Waals surface area contributed by atoms with E-state index in [1.54, 1.807) is 6.07 Å². The molecule has 1 aromatic heterocycles. The molecule has 0 bridgehead atoms. The molecule has 1 unspecified atom stereocenters. The highest BCUT2D eigenvalue weighted by molar-refractivity contribution is 7.14. The van der Waals surface area contributed by atoms with Crippen LogP contribution in [0, 0.1) is 6.92 Å². The third kappa shape index (κ3) is 3.44. The van der Waals surface area contributed by atoms with E-state index in [2.05, 4.69) is 5.32 Å². The third-order valence-corrected chi connectivity index (χ3v) is 3.29. The summed E-state index contributed by atoms with van der Waals surface area (Å²) in [5, 5.41) is 11.3. The van der Waals surface area contributed by atoms with Crippen molar-refractivity contribution in [3.05, 3.63) is 15.8 Å². The Morgan fingerprint density at radius 1 is 1.50 bits per heavy atom. The summed E-state index contributed by atoms with van der Waals surface area (Å²) < 4.78 is 9.79. The van der Waals surface area contributed by atoms with Gasteiger partial charge >= 0.3 is 5.97 Å².